The van der Waals surface area contributed by atoms with Gasteiger partial charge in [-0.3, -0.25) is 4.79 Å². The lowest BCUT2D eigenvalue weighted by Crippen LogP contribution is -2.14. The van der Waals surface area contributed by atoms with Gasteiger partial charge in [0.25, 0.3) is 0 Å². The summed E-state index contributed by atoms with van der Waals surface area (Å²) in [6.07, 6.45) is 3.01. The highest BCUT2D eigenvalue weighted by Crippen LogP contribution is 2.22. The van der Waals surface area contributed by atoms with Crippen LogP contribution in [0.5, 0.6) is 0 Å². The van der Waals surface area contributed by atoms with Crippen LogP contribution in [0.15, 0.2) is 0 Å². The Kier molecular flexibility index (Phi) is 5.76. The monoisotopic (exact) mass is 186 g/mol. The van der Waals surface area contributed by atoms with Gasteiger partial charge in [-0.15, -0.1) is 0 Å². The van der Waals surface area contributed by atoms with Gasteiger partial charge in [0.1, 0.15) is 0 Å². The Morgan fingerprint density at radius 3 is 2.08 bits per heavy atom. The molecular weight excluding hydrogens is 164 g/mol. The van der Waals surface area contributed by atoms with E-state index in [1.54, 1.807) is 6.92 Å². The molecule has 13 heavy (non-hydrogen) atoms. The van der Waals surface area contributed by atoms with Gasteiger partial charge in [0, 0.05) is 0 Å². The van der Waals surface area contributed by atoms with Crippen LogP contribution in [-0.2, 0) is 4.79 Å². The van der Waals surface area contributed by atoms with Crippen LogP contribution in [0.1, 0.15) is 47.0 Å². The van der Waals surface area contributed by atoms with Crippen molar-refractivity contribution in [2.45, 2.75) is 47.0 Å². The van der Waals surface area contributed by atoms with Gasteiger partial charge in [0.05, 0.1) is 5.92 Å². The Balaban J connectivity index is 3.78. The number of carbonyl (C=O) groups is 1. The Labute approximate surface area is 81.3 Å². The van der Waals surface area contributed by atoms with Crippen molar-refractivity contribution in [2.75, 3.05) is 0 Å². The summed E-state index contributed by atoms with van der Waals surface area (Å²) in [6, 6.07) is 0. The Bertz CT molecular complexity index is 152. The van der Waals surface area contributed by atoms with Gasteiger partial charge in [-0.1, -0.05) is 34.1 Å². The third-order valence-corrected chi connectivity index (χ3v) is 2.86. The highest BCUT2D eigenvalue weighted by atomic mass is 16.4. The number of hydrogen-bond acceptors (Lipinski definition) is 1. The number of carboxylic acids is 1. The lowest BCUT2D eigenvalue weighted by Gasteiger charge is -2.19. The van der Waals surface area contributed by atoms with Gasteiger partial charge >= 0.3 is 5.97 Å². The van der Waals surface area contributed by atoms with Crippen LogP contribution in [0.25, 0.3) is 0 Å². The summed E-state index contributed by atoms with van der Waals surface area (Å²) in [4.78, 5) is 10.6. The topological polar surface area (TPSA) is 37.3 Å². The van der Waals surface area contributed by atoms with E-state index in [-0.39, 0.29) is 5.92 Å². The minimum atomic E-state index is -0.668. The van der Waals surface area contributed by atoms with Crippen LogP contribution in [0.3, 0.4) is 0 Å². The van der Waals surface area contributed by atoms with Gasteiger partial charge in [0.2, 0.25) is 0 Å². The van der Waals surface area contributed by atoms with Crippen LogP contribution >= 0.6 is 0 Å². The quantitative estimate of drug-likeness (QED) is 0.691. The second-order valence-corrected chi connectivity index (χ2v) is 4.23. The molecule has 0 aliphatic carbocycles. The molecule has 0 fully saturated rings. The van der Waals surface area contributed by atoms with Crippen molar-refractivity contribution in [3.05, 3.63) is 0 Å². The average Bonchev–Trinajstić information content (AvgIpc) is 2.04. The van der Waals surface area contributed by atoms with Crippen LogP contribution in [0.4, 0.5) is 0 Å². The van der Waals surface area contributed by atoms with Crippen molar-refractivity contribution in [2.24, 2.45) is 17.8 Å². The molecule has 2 nitrogen and oxygen atoms in total. The molecule has 78 valence electrons. The van der Waals surface area contributed by atoms with E-state index in [1.807, 2.05) is 0 Å². The summed E-state index contributed by atoms with van der Waals surface area (Å²) in [6.45, 7) is 8.38. The number of hydrogen-bond donors (Lipinski definition) is 1. The zero-order valence-corrected chi connectivity index (χ0v) is 9.21. The molecule has 0 aliphatic heterocycles. The average molecular weight is 186 g/mol. The Hall–Kier alpha value is -0.530. The molecule has 0 saturated carbocycles. The van der Waals surface area contributed by atoms with Crippen molar-refractivity contribution in [3.8, 4) is 0 Å². The van der Waals surface area contributed by atoms with Crippen molar-refractivity contribution in [1.82, 2.24) is 0 Å². The lowest BCUT2D eigenvalue weighted by molar-refractivity contribution is -0.141. The zero-order chi connectivity index (χ0) is 10.4. The van der Waals surface area contributed by atoms with Crippen molar-refractivity contribution < 1.29 is 9.90 Å². The summed E-state index contributed by atoms with van der Waals surface area (Å²) in [5.41, 5.74) is 0. The molecule has 1 unspecified atom stereocenters. The van der Waals surface area contributed by atoms with E-state index in [2.05, 4.69) is 20.8 Å². The molecule has 0 aliphatic rings. The highest BCUT2D eigenvalue weighted by Gasteiger charge is 2.15. The van der Waals surface area contributed by atoms with Crippen LogP contribution in [0.2, 0.25) is 0 Å². The first-order valence-corrected chi connectivity index (χ1v) is 5.21. The van der Waals surface area contributed by atoms with E-state index < -0.39 is 5.97 Å². The first-order chi connectivity index (χ1) is 5.99. The second kappa shape index (κ2) is 6.01. The molecule has 0 aromatic rings. The molecule has 2 heteroatoms. The summed E-state index contributed by atoms with van der Waals surface area (Å²) < 4.78 is 0. The molecule has 0 radical (unpaired) electrons. The molecule has 0 heterocycles. The van der Waals surface area contributed by atoms with Gasteiger partial charge in [0.15, 0.2) is 0 Å². The fourth-order valence-electron chi connectivity index (χ4n) is 1.60. The van der Waals surface area contributed by atoms with E-state index >= 15 is 0 Å². The van der Waals surface area contributed by atoms with Gasteiger partial charge < -0.3 is 5.11 Å². The molecule has 0 aromatic carbocycles. The maximum Gasteiger partial charge on any atom is 0.306 e. The highest BCUT2D eigenvalue weighted by molar-refractivity contribution is 5.69. The van der Waals surface area contributed by atoms with Gasteiger partial charge in [-0.2, -0.15) is 0 Å². The fraction of sp³-hybridized carbons (Fsp3) is 0.909. The molecule has 0 bridgehead atoms. The Morgan fingerprint density at radius 2 is 1.77 bits per heavy atom. The maximum absolute atomic E-state index is 10.6. The maximum atomic E-state index is 10.6. The minimum absolute atomic E-state index is 0.187. The number of aliphatic carboxylic acids is 1. The Morgan fingerprint density at radius 1 is 1.23 bits per heavy atom. The van der Waals surface area contributed by atoms with Crippen LogP contribution < -0.4 is 0 Å². The van der Waals surface area contributed by atoms with E-state index in [4.69, 9.17) is 5.11 Å². The molecular formula is C11H22O2. The molecule has 0 spiro atoms. The smallest absolute Gasteiger partial charge is 0.306 e. The second-order valence-electron chi connectivity index (χ2n) is 4.23. The van der Waals surface area contributed by atoms with E-state index in [1.165, 1.54) is 0 Å². The van der Waals surface area contributed by atoms with Crippen LogP contribution in [-0.4, -0.2) is 11.1 Å². The molecule has 0 aromatic heterocycles. The number of rotatable bonds is 6. The normalized spacial score (nSPS) is 15.8. The van der Waals surface area contributed by atoms with Crippen molar-refractivity contribution in [1.29, 1.82) is 0 Å². The summed E-state index contributed by atoms with van der Waals surface area (Å²) in [7, 11) is 0. The molecule has 2 atom stereocenters. The van der Waals surface area contributed by atoms with Crippen molar-refractivity contribution >= 4 is 5.97 Å². The summed E-state index contributed by atoms with van der Waals surface area (Å²) in [5, 5.41) is 8.71. The third-order valence-electron chi connectivity index (χ3n) is 2.86. The minimum Gasteiger partial charge on any atom is -0.481 e. The van der Waals surface area contributed by atoms with E-state index in [9.17, 15) is 4.79 Å². The van der Waals surface area contributed by atoms with E-state index in [0.717, 1.165) is 19.3 Å². The largest absolute Gasteiger partial charge is 0.481 e. The third kappa shape index (κ3) is 4.91. The lowest BCUT2D eigenvalue weighted by atomic mass is 9.86. The molecule has 1 N–H and O–H groups in total. The predicted molar refractivity (Wildman–Crippen MR) is 54.7 cm³/mol. The summed E-state index contributed by atoms with van der Waals surface area (Å²) >= 11 is 0. The standard InChI is InChI=1S/C11H22O2/c1-5-10(8(2)3)7-6-9(4)11(12)13/h8-10H,5-7H2,1-4H3,(H,12,13)/t9?,10-/m0/s1. The predicted octanol–water partition coefficient (Wildman–Crippen LogP) is 3.17. The first-order valence-electron chi connectivity index (χ1n) is 5.21. The molecule has 0 saturated heterocycles. The molecule has 0 rings (SSSR count). The zero-order valence-electron chi connectivity index (χ0n) is 9.21. The van der Waals surface area contributed by atoms with E-state index in [0.29, 0.717) is 11.8 Å². The van der Waals surface area contributed by atoms with Gasteiger partial charge in [-0.25, -0.2) is 0 Å². The van der Waals surface area contributed by atoms with Crippen molar-refractivity contribution in [3.63, 3.8) is 0 Å². The summed E-state index contributed by atoms with van der Waals surface area (Å²) in [5.74, 6) is 0.499. The number of carboxylic acid groups (broad SMARTS) is 1. The van der Waals surface area contributed by atoms with Gasteiger partial charge in [-0.05, 0) is 24.7 Å². The SMILES string of the molecule is CC[C@@H](CCC(C)C(=O)O)C(C)C. The fourth-order valence-corrected chi connectivity index (χ4v) is 1.60. The molecule has 0 amide bonds. The first kappa shape index (κ1) is 12.5. The van der Waals surface area contributed by atoms with Crippen LogP contribution in [0, 0.1) is 17.8 Å².